The molecule has 0 spiro atoms. The number of hydrogen-bond acceptors (Lipinski definition) is 2. The fraction of sp³-hybridized carbons (Fsp3) is 0.250. The molecule has 0 saturated carbocycles. The van der Waals surface area contributed by atoms with E-state index in [0.29, 0.717) is 17.9 Å². The van der Waals surface area contributed by atoms with Crippen molar-refractivity contribution in [1.29, 1.82) is 0 Å². The highest BCUT2D eigenvalue weighted by atomic mass is 79.9. The molecule has 0 aliphatic carbocycles. The van der Waals surface area contributed by atoms with Crippen LogP contribution in [0, 0.1) is 0 Å². The predicted octanol–water partition coefficient (Wildman–Crippen LogP) is 3.98. The van der Waals surface area contributed by atoms with E-state index in [1.54, 1.807) is 7.11 Å². The van der Waals surface area contributed by atoms with Crippen LogP contribution in [0.4, 0.5) is 0 Å². The summed E-state index contributed by atoms with van der Waals surface area (Å²) < 4.78 is 5.88. The van der Waals surface area contributed by atoms with E-state index >= 15 is 0 Å². The molecule has 0 aliphatic heterocycles. The van der Waals surface area contributed by atoms with E-state index in [4.69, 9.17) is 16.3 Å². The fourth-order valence-corrected chi connectivity index (χ4v) is 1.87. The average molecular weight is 304 g/mol. The summed E-state index contributed by atoms with van der Waals surface area (Å²) in [7, 11) is 1.62. The number of methoxy groups -OCH3 is 1. The van der Waals surface area contributed by atoms with Crippen molar-refractivity contribution in [3.8, 4) is 5.75 Å². The van der Waals surface area contributed by atoms with Crippen LogP contribution in [0.2, 0.25) is 0 Å². The van der Waals surface area contributed by atoms with Gasteiger partial charge in [0, 0.05) is 15.9 Å². The minimum absolute atomic E-state index is 0.435. The lowest BCUT2D eigenvalue weighted by Gasteiger charge is -2.05. The van der Waals surface area contributed by atoms with Gasteiger partial charge in [-0.2, -0.15) is 0 Å². The second-order valence-electron chi connectivity index (χ2n) is 3.15. The second kappa shape index (κ2) is 6.71. The number of aldehydes is 1. The van der Waals surface area contributed by atoms with Crippen molar-refractivity contribution in [2.45, 2.75) is 12.8 Å². The van der Waals surface area contributed by atoms with Crippen molar-refractivity contribution < 1.29 is 9.53 Å². The topological polar surface area (TPSA) is 26.3 Å². The third-order valence-electron chi connectivity index (χ3n) is 2.06. The van der Waals surface area contributed by atoms with Gasteiger partial charge in [0.15, 0.2) is 0 Å². The maximum atomic E-state index is 10.2. The van der Waals surface area contributed by atoms with Gasteiger partial charge < -0.3 is 9.53 Å². The minimum atomic E-state index is 0.435. The van der Waals surface area contributed by atoms with Gasteiger partial charge >= 0.3 is 0 Å². The molecule has 0 saturated heterocycles. The molecule has 0 atom stereocenters. The van der Waals surface area contributed by atoms with Gasteiger partial charge in [0.2, 0.25) is 0 Å². The number of allylic oxidation sites excluding steroid dienone is 1. The van der Waals surface area contributed by atoms with Crippen LogP contribution in [0.25, 0.3) is 4.48 Å². The molecule has 0 aliphatic rings. The monoisotopic (exact) mass is 302 g/mol. The fourth-order valence-electron chi connectivity index (χ4n) is 1.19. The zero-order valence-electron chi connectivity index (χ0n) is 8.87. The van der Waals surface area contributed by atoms with Crippen LogP contribution < -0.4 is 4.74 Å². The zero-order valence-corrected chi connectivity index (χ0v) is 11.2. The molecular formula is C12H12BrClO2. The number of carbonyl (C=O) groups is 1. The van der Waals surface area contributed by atoms with Gasteiger partial charge in [-0.1, -0.05) is 23.7 Å². The van der Waals surface area contributed by atoms with E-state index in [1.165, 1.54) is 0 Å². The van der Waals surface area contributed by atoms with Crippen molar-refractivity contribution in [2.24, 2.45) is 0 Å². The van der Waals surface area contributed by atoms with E-state index in [9.17, 15) is 4.79 Å². The molecule has 0 fully saturated rings. The number of carbonyl (C=O) groups excluding carboxylic acids is 1. The van der Waals surface area contributed by atoms with E-state index < -0.39 is 0 Å². The Balaban J connectivity index is 2.85. The van der Waals surface area contributed by atoms with Crippen LogP contribution in [0.3, 0.4) is 0 Å². The molecule has 1 aromatic rings. The molecule has 16 heavy (non-hydrogen) atoms. The van der Waals surface area contributed by atoms with Crippen LogP contribution >= 0.6 is 27.5 Å². The Kier molecular flexibility index (Phi) is 5.56. The van der Waals surface area contributed by atoms with Crippen LogP contribution in [0.1, 0.15) is 18.4 Å². The molecule has 0 radical (unpaired) electrons. The molecule has 4 heteroatoms. The molecule has 86 valence electrons. The van der Waals surface area contributed by atoms with Gasteiger partial charge in [-0.15, -0.1) is 0 Å². The number of benzene rings is 1. The van der Waals surface area contributed by atoms with E-state index in [0.717, 1.165) is 22.1 Å². The van der Waals surface area contributed by atoms with Gasteiger partial charge in [-0.25, -0.2) is 0 Å². The predicted molar refractivity (Wildman–Crippen MR) is 70.0 cm³/mol. The lowest BCUT2D eigenvalue weighted by atomic mass is 10.2. The summed E-state index contributed by atoms with van der Waals surface area (Å²) in [5.41, 5.74) is 0.969. The largest absolute Gasteiger partial charge is 0.497 e. The highest BCUT2D eigenvalue weighted by Gasteiger charge is 2.04. The normalized spacial score (nSPS) is 11.9. The Hall–Kier alpha value is -0.800. The molecule has 0 unspecified atom stereocenters. The van der Waals surface area contributed by atoms with Gasteiger partial charge in [0.25, 0.3) is 0 Å². The first-order valence-electron chi connectivity index (χ1n) is 4.81. The smallest absolute Gasteiger partial charge is 0.120 e. The molecule has 1 rings (SSSR count). The molecule has 0 heterocycles. The first-order chi connectivity index (χ1) is 7.69. The Bertz CT molecular complexity index is 385. The lowest BCUT2D eigenvalue weighted by Crippen LogP contribution is -1.85. The quantitative estimate of drug-likeness (QED) is 0.769. The summed E-state index contributed by atoms with van der Waals surface area (Å²) in [6.45, 7) is 0. The Labute approximate surface area is 108 Å². The van der Waals surface area contributed by atoms with Gasteiger partial charge in [0.1, 0.15) is 12.0 Å². The molecule has 1 aromatic carbocycles. The highest BCUT2D eigenvalue weighted by molar-refractivity contribution is 9.15. The first kappa shape index (κ1) is 13.3. The summed E-state index contributed by atoms with van der Waals surface area (Å²) in [6, 6.07) is 7.54. The first-order valence-corrected chi connectivity index (χ1v) is 5.98. The molecule has 0 amide bonds. The Morgan fingerprint density at radius 1 is 1.44 bits per heavy atom. The average Bonchev–Trinajstić information content (AvgIpc) is 2.35. The summed E-state index contributed by atoms with van der Waals surface area (Å²) in [4.78, 5) is 10.2. The van der Waals surface area contributed by atoms with E-state index in [2.05, 4.69) is 15.9 Å². The highest BCUT2D eigenvalue weighted by Crippen LogP contribution is 2.30. The van der Waals surface area contributed by atoms with Crippen LogP contribution in [-0.4, -0.2) is 13.4 Å². The van der Waals surface area contributed by atoms with Crippen molar-refractivity contribution in [2.75, 3.05) is 7.11 Å². The Morgan fingerprint density at radius 2 is 2.06 bits per heavy atom. The van der Waals surface area contributed by atoms with Crippen molar-refractivity contribution in [3.05, 3.63) is 34.9 Å². The SMILES string of the molecule is COc1ccc(/C(Br)=C(/Cl)CCC=O)cc1. The molecule has 0 aromatic heterocycles. The summed E-state index contributed by atoms with van der Waals surface area (Å²) >= 11 is 9.48. The third kappa shape index (κ3) is 3.65. The van der Waals surface area contributed by atoms with Crippen LogP contribution in [0.5, 0.6) is 5.75 Å². The molecule has 0 bridgehead atoms. The standard InChI is InChI=1S/C12H12BrClO2/c1-16-10-6-4-9(5-7-10)12(13)11(14)3-2-8-15/h4-8H,2-3H2,1H3/b12-11-. The maximum Gasteiger partial charge on any atom is 0.120 e. The molecule has 2 nitrogen and oxygen atoms in total. The molecule has 0 N–H and O–H groups in total. The van der Waals surface area contributed by atoms with Crippen molar-refractivity contribution in [1.82, 2.24) is 0 Å². The van der Waals surface area contributed by atoms with Crippen LogP contribution in [0.15, 0.2) is 29.3 Å². The Morgan fingerprint density at radius 3 is 2.56 bits per heavy atom. The van der Waals surface area contributed by atoms with Crippen LogP contribution in [-0.2, 0) is 4.79 Å². The van der Waals surface area contributed by atoms with Gasteiger partial charge in [-0.3, -0.25) is 0 Å². The number of ether oxygens (including phenoxy) is 1. The van der Waals surface area contributed by atoms with Gasteiger partial charge in [0.05, 0.1) is 7.11 Å². The van der Waals surface area contributed by atoms with Crippen molar-refractivity contribution >= 4 is 38.3 Å². The van der Waals surface area contributed by atoms with E-state index in [1.807, 2.05) is 24.3 Å². The maximum absolute atomic E-state index is 10.2. The number of hydrogen-bond donors (Lipinski definition) is 0. The third-order valence-corrected chi connectivity index (χ3v) is 3.61. The van der Waals surface area contributed by atoms with Gasteiger partial charge in [-0.05, 0) is 40.0 Å². The summed E-state index contributed by atoms with van der Waals surface area (Å²) in [5.74, 6) is 0.799. The van der Waals surface area contributed by atoms with Crippen molar-refractivity contribution in [3.63, 3.8) is 0 Å². The second-order valence-corrected chi connectivity index (χ2v) is 4.40. The lowest BCUT2D eigenvalue weighted by molar-refractivity contribution is -0.107. The summed E-state index contributed by atoms with van der Waals surface area (Å²) in [5, 5.41) is 0.650. The molecular weight excluding hydrogens is 291 g/mol. The number of halogens is 2. The number of rotatable bonds is 5. The zero-order chi connectivity index (χ0) is 12.0. The van der Waals surface area contributed by atoms with E-state index in [-0.39, 0.29) is 0 Å². The summed E-state index contributed by atoms with van der Waals surface area (Å²) in [6.07, 6.45) is 1.85. The minimum Gasteiger partial charge on any atom is -0.497 e.